The maximum absolute atomic E-state index is 10.9. The highest BCUT2D eigenvalue weighted by atomic mass is 35.5. The van der Waals surface area contributed by atoms with Crippen LogP contribution in [-0.2, 0) is 0 Å². The zero-order chi connectivity index (χ0) is 17.8. The Kier molecular flexibility index (Phi) is 4.90. The van der Waals surface area contributed by atoms with Gasteiger partial charge in [0.2, 0.25) is 0 Å². The average molecular weight is 357 g/mol. The second kappa shape index (κ2) is 7.27. The number of aromatic carboxylic acids is 1. The van der Waals surface area contributed by atoms with Gasteiger partial charge in [-0.3, -0.25) is 0 Å². The molecular weight excluding hydrogens is 340 g/mol. The number of aliphatic imine (C=N–C) groups is 1. The number of nitrogens with zero attached hydrogens (tertiary/aromatic N) is 2. The number of halogens is 1. The first-order valence-corrected chi connectivity index (χ1v) is 8.00. The number of carbonyl (C=O) groups is 1. The van der Waals surface area contributed by atoms with Crippen molar-refractivity contribution in [2.45, 2.75) is 6.29 Å². The molecule has 0 saturated heterocycles. The zero-order valence-electron chi connectivity index (χ0n) is 13.5. The van der Waals surface area contributed by atoms with Crippen molar-refractivity contribution in [1.82, 2.24) is 5.32 Å². The lowest BCUT2D eigenvalue weighted by Gasteiger charge is -2.29. The molecule has 6 nitrogen and oxygen atoms in total. The van der Waals surface area contributed by atoms with Crippen LogP contribution in [0.5, 0.6) is 0 Å². The van der Waals surface area contributed by atoms with Crippen LogP contribution < -0.4 is 15.5 Å². The highest BCUT2D eigenvalue weighted by Crippen LogP contribution is 2.26. The average Bonchev–Trinajstić information content (AvgIpc) is 2.62. The number of carboxylic acid groups (broad SMARTS) is 1. The Morgan fingerprint density at radius 2 is 1.96 bits per heavy atom. The number of nitrogens with one attached hydrogen (secondary N) is 2. The van der Waals surface area contributed by atoms with Crippen molar-refractivity contribution in [2.24, 2.45) is 4.99 Å². The van der Waals surface area contributed by atoms with E-state index in [9.17, 15) is 4.79 Å². The van der Waals surface area contributed by atoms with Gasteiger partial charge in [0, 0.05) is 18.9 Å². The maximum atomic E-state index is 10.9. The summed E-state index contributed by atoms with van der Waals surface area (Å²) in [5, 5.41) is 16.1. The highest BCUT2D eigenvalue weighted by Gasteiger charge is 2.16. The van der Waals surface area contributed by atoms with Gasteiger partial charge < -0.3 is 20.6 Å². The molecule has 2 aromatic rings. The third-order valence-corrected chi connectivity index (χ3v) is 4.08. The molecule has 128 valence electrons. The number of benzene rings is 2. The quantitative estimate of drug-likeness (QED) is 0.765. The molecule has 1 atom stereocenters. The van der Waals surface area contributed by atoms with Crippen LogP contribution in [0.1, 0.15) is 10.4 Å². The molecule has 0 amide bonds. The first kappa shape index (κ1) is 16.9. The fourth-order valence-electron chi connectivity index (χ4n) is 2.43. The van der Waals surface area contributed by atoms with Crippen molar-refractivity contribution in [2.75, 3.05) is 17.3 Å². The second-order valence-corrected chi connectivity index (χ2v) is 5.84. The predicted octanol–water partition coefficient (Wildman–Crippen LogP) is 3.39. The standard InChI is InChI=1S/C18H17ClN4O2/c1-23(15-5-3-2-4-14(15)19)16-10-11-20-18(22-16)21-13-8-6-12(7-9-13)17(24)25/h2-11,18,21-22H,1H3,(H,24,25). The van der Waals surface area contributed by atoms with Crippen LogP contribution in [0, 0.1) is 0 Å². The van der Waals surface area contributed by atoms with E-state index in [4.69, 9.17) is 16.7 Å². The van der Waals surface area contributed by atoms with Gasteiger partial charge in [0.15, 0.2) is 6.29 Å². The SMILES string of the molecule is CN(C1=CC=NC(Nc2ccc(C(=O)O)cc2)N1)c1ccccc1Cl. The van der Waals surface area contributed by atoms with Crippen molar-refractivity contribution in [3.05, 3.63) is 71.0 Å². The van der Waals surface area contributed by atoms with Crippen molar-refractivity contribution >= 4 is 35.2 Å². The molecule has 0 aliphatic carbocycles. The van der Waals surface area contributed by atoms with E-state index in [2.05, 4.69) is 15.6 Å². The molecule has 3 N–H and O–H groups in total. The molecular formula is C18H17ClN4O2. The van der Waals surface area contributed by atoms with E-state index in [0.717, 1.165) is 17.2 Å². The number of hydrogen-bond acceptors (Lipinski definition) is 5. The molecule has 0 fully saturated rings. The zero-order valence-corrected chi connectivity index (χ0v) is 14.2. The van der Waals surface area contributed by atoms with Gasteiger partial charge in [-0.2, -0.15) is 0 Å². The molecule has 0 bridgehead atoms. The van der Waals surface area contributed by atoms with Crippen LogP contribution in [0.25, 0.3) is 0 Å². The summed E-state index contributed by atoms with van der Waals surface area (Å²) in [6.07, 6.45) is 3.19. The van der Waals surface area contributed by atoms with Crippen LogP contribution in [0.15, 0.2) is 65.4 Å². The minimum atomic E-state index is -0.952. The summed E-state index contributed by atoms with van der Waals surface area (Å²) in [5.74, 6) is -0.116. The molecule has 3 rings (SSSR count). The van der Waals surface area contributed by atoms with Gasteiger partial charge in [0.1, 0.15) is 5.82 Å². The lowest BCUT2D eigenvalue weighted by Crippen LogP contribution is -2.41. The minimum absolute atomic E-state index is 0.240. The molecule has 1 heterocycles. The summed E-state index contributed by atoms with van der Waals surface area (Å²) in [5.41, 5.74) is 1.88. The first-order chi connectivity index (χ1) is 12.0. The number of carboxylic acids is 1. The molecule has 25 heavy (non-hydrogen) atoms. The van der Waals surface area contributed by atoms with Crippen molar-refractivity contribution < 1.29 is 9.90 Å². The summed E-state index contributed by atoms with van der Waals surface area (Å²) < 4.78 is 0. The lowest BCUT2D eigenvalue weighted by atomic mass is 10.2. The Hall–Kier alpha value is -2.99. The number of rotatable bonds is 5. The molecule has 0 saturated carbocycles. The van der Waals surface area contributed by atoms with E-state index in [1.807, 2.05) is 42.3 Å². The van der Waals surface area contributed by atoms with E-state index < -0.39 is 5.97 Å². The maximum Gasteiger partial charge on any atom is 0.335 e. The van der Waals surface area contributed by atoms with E-state index in [1.54, 1.807) is 30.5 Å². The van der Waals surface area contributed by atoms with Crippen molar-refractivity contribution in [3.63, 3.8) is 0 Å². The number of para-hydroxylation sites is 1. The fraction of sp³-hybridized carbons (Fsp3) is 0.111. The van der Waals surface area contributed by atoms with Gasteiger partial charge in [-0.1, -0.05) is 23.7 Å². The summed E-state index contributed by atoms with van der Waals surface area (Å²) in [7, 11) is 1.91. The Morgan fingerprint density at radius 3 is 2.64 bits per heavy atom. The topological polar surface area (TPSA) is 77.0 Å². The third kappa shape index (κ3) is 3.92. The van der Waals surface area contributed by atoms with Crippen LogP contribution in [0.3, 0.4) is 0 Å². The Bertz CT molecular complexity index is 833. The Morgan fingerprint density at radius 1 is 1.24 bits per heavy atom. The van der Waals surface area contributed by atoms with Gasteiger partial charge in [-0.25, -0.2) is 9.79 Å². The van der Waals surface area contributed by atoms with Gasteiger partial charge in [0.05, 0.1) is 16.3 Å². The smallest absolute Gasteiger partial charge is 0.335 e. The summed E-state index contributed by atoms with van der Waals surface area (Å²) >= 11 is 6.25. The number of hydrogen-bond donors (Lipinski definition) is 3. The number of anilines is 2. The largest absolute Gasteiger partial charge is 0.478 e. The van der Waals surface area contributed by atoms with Gasteiger partial charge in [0.25, 0.3) is 0 Å². The van der Waals surface area contributed by atoms with Gasteiger partial charge >= 0.3 is 5.97 Å². The van der Waals surface area contributed by atoms with E-state index in [1.165, 1.54) is 0 Å². The van der Waals surface area contributed by atoms with Crippen LogP contribution in [0.4, 0.5) is 11.4 Å². The highest BCUT2D eigenvalue weighted by molar-refractivity contribution is 6.33. The molecule has 7 heteroatoms. The summed E-state index contributed by atoms with van der Waals surface area (Å²) in [6.45, 7) is 0. The van der Waals surface area contributed by atoms with Crippen molar-refractivity contribution in [1.29, 1.82) is 0 Å². The van der Waals surface area contributed by atoms with Gasteiger partial charge in [-0.05, 0) is 42.5 Å². The Balaban J connectivity index is 1.69. The molecule has 1 unspecified atom stereocenters. The first-order valence-electron chi connectivity index (χ1n) is 7.63. The third-order valence-electron chi connectivity index (χ3n) is 3.76. The molecule has 1 aliphatic heterocycles. The van der Waals surface area contributed by atoms with Crippen LogP contribution in [0.2, 0.25) is 5.02 Å². The monoisotopic (exact) mass is 356 g/mol. The lowest BCUT2D eigenvalue weighted by molar-refractivity contribution is 0.0697. The Labute approximate surface area is 150 Å². The summed E-state index contributed by atoms with van der Waals surface area (Å²) in [4.78, 5) is 17.2. The normalized spacial score (nSPS) is 15.9. The summed E-state index contributed by atoms with van der Waals surface area (Å²) in [6, 6.07) is 14.1. The van der Waals surface area contributed by atoms with Crippen molar-refractivity contribution in [3.8, 4) is 0 Å². The van der Waals surface area contributed by atoms with E-state index in [0.29, 0.717) is 5.02 Å². The minimum Gasteiger partial charge on any atom is -0.478 e. The molecule has 0 aromatic heterocycles. The fourth-order valence-corrected chi connectivity index (χ4v) is 2.69. The van der Waals surface area contributed by atoms with E-state index >= 15 is 0 Å². The molecule has 0 spiro atoms. The van der Waals surface area contributed by atoms with Crippen LogP contribution in [-0.4, -0.2) is 30.6 Å². The van der Waals surface area contributed by atoms with E-state index in [-0.39, 0.29) is 11.9 Å². The number of allylic oxidation sites excluding steroid dienone is 1. The van der Waals surface area contributed by atoms with Gasteiger partial charge in [-0.15, -0.1) is 0 Å². The molecule has 0 radical (unpaired) electrons. The second-order valence-electron chi connectivity index (χ2n) is 5.43. The predicted molar refractivity (Wildman–Crippen MR) is 100 cm³/mol. The van der Waals surface area contributed by atoms with Crippen LogP contribution >= 0.6 is 11.6 Å². The molecule has 1 aliphatic rings. The molecule has 2 aromatic carbocycles.